The van der Waals surface area contributed by atoms with Crippen molar-refractivity contribution < 1.29 is 0 Å². The van der Waals surface area contributed by atoms with Crippen molar-refractivity contribution in [2.24, 2.45) is 5.92 Å². The number of rotatable bonds is 5. The van der Waals surface area contributed by atoms with E-state index in [-0.39, 0.29) is 5.56 Å². The van der Waals surface area contributed by atoms with Gasteiger partial charge in [0.1, 0.15) is 4.83 Å². The Kier molecular flexibility index (Phi) is 5.35. The zero-order chi connectivity index (χ0) is 19.8. The number of hydrogen-bond donors (Lipinski definition) is 0. The predicted molar refractivity (Wildman–Crippen MR) is 124 cm³/mol. The molecule has 1 aromatic carbocycles. The molecule has 5 heteroatoms. The van der Waals surface area contributed by atoms with Gasteiger partial charge in [0.15, 0.2) is 5.16 Å². The molecule has 2 aliphatic carbocycles. The van der Waals surface area contributed by atoms with Crippen LogP contribution in [0.3, 0.4) is 0 Å². The van der Waals surface area contributed by atoms with Crippen LogP contribution >= 0.6 is 23.1 Å². The van der Waals surface area contributed by atoms with Gasteiger partial charge in [0, 0.05) is 17.2 Å². The Morgan fingerprint density at radius 2 is 2.03 bits per heavy atom. The molecule has 150 valence electrons. The van der Waals surface area contributed by atoms with E-state index in [4.69, 9.17) is 4.98 Å². The van der Waals surface area contributed by atoms with Crippen molar-refractivity contribution in [3.8, 4) is 10.4 Å². The fourth-order valence-electron chi connectivity index (χ4n) is 4.83. The van der Waals surface area contributed by atoms with Crippen LogP contribution in [0.2, 0.25) is 0 Å². The van der Waals surface area contributed by atoms with Gasteiger partial charge in [-0.15, -0.1) is 17.9 Å². The number of thiophene rings is 1. The lowest BCUT2D eigenvalue weighted by molar-refractivity contribution is 0.306. The summed E-state index contributed by atoms with van der Waals surface area (Å²) in [4.78, 5) is 20.9. The topological polar surface area (TPSA) is 34.9 Å². The summed E-state index contributed by atoms with van der Waals surface area (Å²) in [5.74, 6) is 1.37. The van der Waals surface area contributed by atoms with Crippen LogP contribution in [-0.4, -0.2) is 15.3 Å². The summed E-state index contributed by atoms with van der Waals surface area (Å²) in [7, 11) is 0. The average molecular weight is 423 g/mol. The van der Waals surface area contributed by atoms with E-state index >= 15 is 0 Å². The number of benzene rings is 1. The second-order valence-electron chi connectivity index (χ2n) is 8.16. The number of aryl methyl sites for hydroxylation is 2. The van der Waals surface area contributed by atoms with Crippen LogP contribution < -0.4 is 5.56 Å². The molecule has 0 bridgehead atoms. The van der Waals surface area contributed by atoms with E-state index in [1.807, 2.05) is 10.6 Å². The lowest BCUT2D eigenvalue weighted by atomic mass is 9.89. The van der Waals surface area contributed by atoms with E-state index in [0.29, 0.717) is 5.92 Å². The van der Waals surface area contributed by atoms with E-state index in [0.717, 1.165) is 40.5 Å². The van der Waals surface area contributed by atoms with Gasteiger partial charge in [0.2, 0.25) is 0 Å². The third-order valence-electron chi connectivity index (χ3n) is 6.28. The zero-order valence-corrected chi connectivity index (χ0v) is 18.3. The van der Waals surface area contributed by atoms with E-state index in [9.17, 15) is 4.79 Å². The average Bonchev–Trinajstić information content (AvgIpc) is 3.14. The van der Waals surface area contributed by atoms with Crippen molar-refractivity contribution in [2.45, 2.75) is 56.6 Å². The Bertz CT molecular complexity index is 1120. The SMILES string of the molecule is C=CCSc1nc2sc3c(c2c(=O)n1CC1CCCCC1)CCc1ccccc1-3. The minimum absolute atomic E-state index is 0.170. The highest BCUT2D eigenvalue weighted by atomic mass is 32.2. The Hall–Kier alpha value is -1.85. The fraction of sp³-hybridized carbons (Fsp3) is 0.417. The highest BCUT2D eigenvalue weighted by molar-refractivity contribution is 7.99. The summed E-state index contributed by atoms with van der Waals surface area (Å²) in [5, 5.41) is 1.73. The van der Waals surface area contributed by atoms with Crippen LogP contribution in [0.4, 0.5) is 0 Å². The Morgan fingerprint density at radius 1 is 1.21 bits per heavy atom. The third kappa shape index (κ3) is 3.49. The first kappa shape index (κ1) is 19.1. The number of thioether (sulfide) groups is 1. The normalized spacial score (nSPS) is 16.6. The van der Waals surface area contributed by atoms with Crippen molar-refractivity contribution in [1.82, 2.24) is 9.55 Å². The van der Waals surface area contributed by atoms with Gasteiger partial charge in [-0.25, -0.2) is 4.98 Å². The van der Waals surface area contributed by atoms with E-state index < -0.39 is 0 Å². The highest BCUT2D eigenvalue weighted by Crippen LogP contribution is 2.42. The van der Waals surface area contributed by atoms with Crippen molar-refractivity contribution in [3.05, 3.63) is 58.4 Å². The Morgan fingerprint density at radius 3 is 2.86 bits per heavy atom. The molecule has 0 N–H and O–H groups in total. The van der Waals surface area contributed by atoms with Crippen LogP contribution in [0.15, 0.2) is 46.9 Å². The maximum absolute atomic E-state index is 13.7. The second-order valence-corrected chi connectivity index (χ2v) is 10.1. The third-order valence-corrected chi connectivity index (χ3v) is 8.41. The monoisotopic (exact) mass is 422 g/mol. The van der Waals surface area contributed by atoms with Crippen LogP contribution in [0.5, 0.6) is 0 Å². The second kappa shape index (κ2) is 8.11. The lowest BCUT2D eigenvalue weighted by Crippen LogP contribution is -2.28. The first-order chi connectivity index (χ1) is 14.3. The largest absolute Gasteiger partial charge is 0.287 e. The summed E-state index contributed by atoms with van der Waals surface area (Å²) < 4.78 is 1.99. The Labute approximate surface area is 179 Å². The summed E-state index contributed by atoms with van der Waals surface area (Å²) >= 11 is 3.33. The molecule has 0 atom stereocenters. The van der Waals surface area contributed by atoms with Gasteiger partial charge in [-0.2, -0.15) is 0 Å². The van der Waals surface area contributed by atoms with Crippen LogP contribution in [0, 0.1) is 5.92 Å². The van der Waals surface area contributed by atoms with Gasteiger partial charge >= 0.3 is 0 Å². The van der Waals surface area contributed by atoms with E-state index in [1.165, 1.54) is 53.7 Å². The molecule has 29 heavy (non-hydrogen) atoms. The molecule has 0 saturated heterocycles. The molecular weight excluding hydrogens is 396 g/mol. The minimum Gasteiger partial charge on any atom is -0.287 e. The molecule has 2 aliphatic rings. The number of aromatic nitrogens is 2. The standard InChI is InChI=1S/C24H26N2OS2/c1-2-14-28-24-25-22-20(23(27)26(24)15-16-8-4-3-5-9-16)19-13-12-17-10-6-7-11-18(17)21(19)29-22/h2,6-7,10-11,16H,1,3-5,8-9,12-15H2. The number of hydrogen-bond acceptors (Lipinski definition) is 4. The molecule has 0 aliphatic heterocycles. The molecule has 3 nitrogen and oxygen atoms in total. The molecule has 3 aromatic rings. The van der Waals surface area contributed by atoms with Gasteiger partial charge in [0.05, 0.1) is 5.39 Å². The van der Waals surface area contributed by atoms with Crippen molar-refractivity contribution in [1.29, 1.82) is 0 Å². The van der Waals surface area contributed by atoms with Crippen LogP contribution in [0.1, 0.15) is 43.2 Å². The highest BCUT2D eigenvalue weighted by Gasteiger charge is 2.26. The lowest BCUT2D eigenvalue weighted by Gasteiger charge is -2.23. The molecule has 5 rings (SSSR count). The molecule has 0 unspecified atom stereocenters. The molecule has 2 heterocycles. The molecule has 1 fully saturated rings. The molecule has 2 aromatic heterocycles. The summed E-state index contributed by atoms with van der Waals surface area (Å²) in [6.07, 6.45) is 10.2. The summed E-state index contributed by atoms with van der Waals surface area (Å²) in [5.41, 5.74) is 4.06. The first-order valence-electron chi connectivity index (χ1n) is 10.6. The van der Waals surface area contributed by atoms with Crippen LogP contribution in [0.25, 0.3) is 20.7 Å². The molecule has 0 spiro atoms. The van der Waals surface area contributed by atoms with Gasteiger partial charge in [-0.3, -0.25) is 9.36 Å². The Balaban J connectivity index is 1.66. The van der Waals surface area contributed by atoms with Crippen molar-refractivity contribution >= 4 is 33.3 Å². The van der Waals surface area contributed by atoms with Gasteiger partial charge in [0.25, 0.3) is 5.56 Å². The van der Waals surface area contributed by atoms with E-state index in [2.05, 4.69) is 30.8 Å². The van der Waals surface area contributed by atoms with Crippen molar-refractivity contribution in [3.63, 3.8) is 0 Å². The maximum Gasteiger partial charge on any atom is 0.263 e. The number of fused-ring (bicyclic) bond motifs is 5. The quantitative estimate of drug-likeness (QED) is 0.284. The molecule has 1 saturated carbocycles. The van der Waals surface area contributed by atoms with Crippen molar-refractivity contribution in [2.75, 3.05) is 5.75 Å². The van der Waals surface area contributed by atoms with Gasteiger partial charge < -0.3 is 0 Å². The first-order valence-corrected chi connectivity index (χ1v) is 12.4. The summed E-state index contributed by atoms with van der Waals surface area (Å²) in [6.45, 7) is 4.66. The minimum atomic E-state index is 0.170. The molecule has 0 radical (unpaired) electrons. The smallest absolute Gasteiger partial charge is 0.263 e. The van der Waals surface area contributed by atoms with Gasteiger partial charge in [-0.05, 0) is 48.3 Å². The molecule has 0 amide bonds. The number of nitrogens with zero attached hydrogens (tertiary/aromatic N) is 2. The fourth-order valence-corrected chi connectivity index (χ4v) is 6.90. The predicted octanol–water partition coefficient (Wildman–Crippen LogP) is 6.08. The zero-order valence-electron chi connectivity index (χ0n) is 16.7. The van der Waals surface area contributed by atoms with Gasteiger partial charge in [-0.1, -0.05) is 61.4 Å². The molecular formula is C24H26N2OS2. The van der Waals surface area contributed by atoms with E-state index in [1.54, 1.807) is 23.1 Å². The van der Waals surface area contributed by atoms with Crippen LogP contribution in [-0.2, 0) is 19.4 Å². The summed E-state index contributed by atoms with van der Waals surface area (Å²) in [6, 6.07) is 8.61. The maximum atomic E-state index is 13.7.